The van der Waals surface area contributed by atoms with Gasteiger partial charge in [-0.15, -0.1) is 0 Å². The molecule has 0 saturated heterocycles. The summed E-state index contributed by atoms with van der Waals surface area (Å²) in [6.07, 6.45) is 1.70. The first-order valence-corrected chi connectivity index (χ1v) is 5.22. The van der Waals surface area contributed by atoms with E-state index in [0.29, 0.717) is 17.3 Å². The summed E-state index contributed by atoms with van der Waals surface area (Å²) in [4.78, 5) is 4.26. The summed E-state index contributed by atoms with van der Waals surface area (Å²) in [5.74, 6) is 0.221. The summed E-state index contributed by atoms with van der Waals surface area (Å²) in [5, 5.41) is 9.75. The minimum atomic E-state index is 0.221. The molecule has 16 heavy (non-hydrogen) atoms. The summed E-state index contributed by atoms with van der Waals surface area (Å²) in [5.41, 5.74) is 7.95. The number of phenols is 1. The molecule has 0 radical (unpaired) electrons. The van der Waals surface area contributed by atoms with Gasteiger partial charge in [-0.2, -0.15) is 0 Å². The Morgan fingerprint density at radius 2 is 1.94 bits per heavy atom. The molecule has 0 amide bonds. The van der Waals surface area contributed by atoms with Crippen molar-refractivity contribution in [3.8, 4) is 17.0 Å². The second-order valence-electron chi connectivity index (χ2n) is 3.42. The average molecular weight is 235 g/mol. The number of aromatic nitrogens is 1. The predicted molar refractivity (Wildman–Crippen MR) is 64.2 cm³/mol. The Bertz CT molecular complexity index is 497. The van der Waals surface area contributed by atoms with Crippen LogP contribution in [0.5, 0.6) is 5.75 Å². The van der Waals surface area contributed by atoms with Gasteiger partial charge in [0.25, 0.3) is 0 Å². The Morgan fingerprint density at radius 1 is 1.25 bits per heavy atom. The molecule has 2 rings (SSSR count). The van der Waals surface area contributed by atoms with Crippen LogP contribution in [-0.4, -0.2) is 10.1 Å². The highest BCUT2D eigenvalue weighted by molar-refractivity contribution is 6.33. The number of hydrogen-bond donors (Lipinski definition) is 2. The van der Waals surface area contributed by atoms with Crippen molar-refractivity contribution in [1.82, 2.24) is 4.98 Å². The van der Waals surface area contributed by atoms with Gasteiger partial charge >= 0.3 is 0 Å². The van der Waals surface area contributed by atoms with Crippen LogP contribution in [0.25, 0.3) is 11.3 Å². The van der Waals surface area contributed by atoms with Crippen molar-refractivity contribution in [1.29, 1.82) is 0 Å². The quantitative estimate of drug-likeness (QED) is 0.840. The van der Waals surface area contributed by atoms with E-state index in [9.17, 15) is 5.11 Å². The molecule has 0 aliphatic rings. The predicted octanol–water partition coefficient (Wildman–Crippen LogP) is 2.57. The molecule has 0 atom stereocenters. The first-order valence-electron chi connectivity index (χ1n) is 4.84. The maximum Gasteiger partial charge on any atom is 0.115 e. The van der Waals surface area contributed by atoms with Crippen molar-refractivity contribution in [2.75, 3.05) is 0 Å². The van der Waals surface area contributed by atoms with Crippen LogP contribution in [0, 0.1) is 0 Å². The molecular weight excluding hydrogens is 224 g/mol. The second kappa shape index (κ2) is 4.51. The first kappa shape index (κ1) is 10.9. The third-order valence-corrected chi connectivity index (χ3v) is 2.56. The van der Waals surface area contributed by atoms with Gasteiger partial charge in [-0.25, -0.2) is 0 Å². The van der Waals surface area contributed by atoms with Gasteiger partial charge in [0.05, 0.1) is 10.7 Å². The number of benzene rings is 1. The maximum atomic E-state index is 9.19. The summed E-state index contributed by atoms with van der Waals surface area (Å²) < 4.78 is 0. The molecular formula is C12H11ClN2O. The normalized spacial score (nSPS) is 10.4. The Balaban J connectivity index is 2.44. The van der Waals surface area contributed by atoms with E-state index in [4.69, 9.17) is 17.3 Å². The molecule has 1 aromatic carbocycles. The van der Waals surface area contributed by atoms with Crippen LogP contribution < -0.4 is 5.73 Å². The Kier molecular flexibility index (Phi) is 3.08. The average Bonchev–Trinajstić information content (AvgIpc) is 2.30. The summed E-state index contributed by atoms with van der Waals surface area (Å²) in [6, 6.07) is 8.54. The summed E-state index contributed by atoms with van der Waals surface area (Å²) >= 11 is 6.10. The highest BCUT2D eigenvalue weighted by atomic mass is 35.5. The van der Waals surface area contributed by atoms with Crippen LogP contribution in [-0.2, 0) is 6.54 Å². The lowest BCUT2D eigenvalue weighted by Gasteiger charge is -2.05. The molecule has 1 heterocycles. The van der Waals surface area contributed by atoms with E-state index < -0.39 is 0 Å². The van der Waals surface area contributed by atoms with Gasteiger partial charge in [0, 0.05) is 18.3 Å². The Hall–Kier alpha value is -1.58. The van der Waals surface area contributed by atoms with E-state index in [1.807, 2.05) is 0 Å². The van der Waals surface area contributed by atoms with E-state index in [0.717, 1.165) is 11.1 Å². The zero-order valence-electron chi connectivity index (χ0n) is 8.52. The Morgan fingerprint density at radius 3 is 2.50 bits per heavy atom. The third kappa shape index (κ3) is 2.15. The van der Waals surface area contributed by atoms with Gasteiger partial charge in [-0.05, 0) is 35.9 Å². The number of rotatable bonds is 2. The number of hydrogen-bond acceptors (Lipinski definition) is 3. The number of halogens is 1. The van der Waals surface area contributed by atoms with E-state index in [2.05, 4.69) is 4.98 Å². The molecule has 4 heteroatoms. The molecule has 0 saturated carbocycles. The van der Waals surface area contributed by atoms with Gasteiger partial charge in [0.2, 0.25) is 0 Å². The number of nitrogens with zero attached hydrogens (tertiary/aromatic N) is 1. The van der Waals surface area contributed by atoms with Crippen molar-refractivity contribution in [3.63, 3.8) is 0 Å². The van der Waals surface area contributed by atoms with E-state index in [-0.39, 0.29) is 5.75 Å². The maximum absolute atomic E-state index is 9.19. The SMILES string of the molecule is NCc1cnc(-c2ccc(O)cc2)c(Cl)c1. The minimum absolute atomic E-state index is 0.221. The summed E-state index contributed by atoms with van der Waals surface area (Å²) in [6.45, 7) is 0.419. The molecule has 0 unspecified atom stereocenters. The van der Waals surface area contributed by atoms with Crippen LogP contribution in [0.2, 0.25) is 5.02 Å². The van der Waals surface area contributed by atoms with Gasteiger partial charge < -0.3 is 10.8 Å². The van der Waals surface area contributed by atoms with Crippen LogP contribution in [0.3, 0.4) is 0 Å². The molecule has 0 aliphatic heterocycles. The number of phenolic OH excluding ortho intramolecular Hbond substituents is 1. The topological polar surface area (TPSA) is 59.1 Å². The van der Waals surface area contributed by atoms with E-state index in [1.54, 1.807) is 36.5 Å². The van der Waals surface area contributed by atoms with E-state index >= 15 is 0 Å². The number of aromatic hydroxyl groups is 1. The molecule has 0 fully saturated rings. The van der Waals surface area contributed by atoms with Crippen molar-refractivity contribution in [2.45, 2.75) is 6.54 Å². The van der Waals surface area contributed by atoms with Crippen LogP contribution in [0.15, 0.2) is 36.5 Å². The monoisotopic (exact) mass is 234 g/mol. The van der Waals surface area contributed by atoms with Crippen molar-refractivity contribution in [3.05, 3.63) is 47.1 Å². The molecule has 3 nitrogen and oxygen atoms in total. The minimum Gasteiger partial charge on any atom is -0.508 e. The van der Waals surface area contributed by atoms with Crippen molar-refractivity contribution in [2.24, 2.45) is 5.73 Å². The lowest BCUT2D eigenvalue weighted by molar-refractivity contribution is 0.475. The van der Waals surface area contributed by atoms with Crippen molar-refractivity contribution < 1.29 is 5.11 Å². The third-order valence-electron chi connectivity index (χ3n) is 2.27. The van der Waals surface area contributed by atoms with Crippen LogP contribution >= 0.6 is 11.6 Å². The fraction of sp³-hybridized carbons (Fsp3) is 0.0833. The highest BCUT2D eigenvalue weighted by Crippen LogP contribution is 2.27. The zero-order valence-corrected chi connectivity index (χ0v) is 9.28. The van der Waals surface area contributed by atoms with Crippen LogP contribution in [0.1, 0.15) is 5.56 Å². The van der Waals surface area contributed by atoms with Crippen LogP contribution in [0.4, 0.5) is 0 Å². The number of nitrogens with two attached hydrogens (primary N) is 1. The fourth-order valence-corrected chi connectivity index (χ4v) is 1.72. The second-order valence-corrected chi connectivity index (χ2v) is 3.83. The van der Waals surface area contributed by atoms with E-state index in [1.165, 1.54) is 0 Å². The van der Waals surface area contributed by atoms with Gasteiger partial charge in [0.1, 0.15) is 5.75 Å². The van der Waals surface area contributed by atoms with Gasteiger partial charge in [0.15, 0.2) is 0 Å². The largest absolute Gasteiger partial charge is 0.508 e. The van der Waals surface area contributed by atoms with Crippen molar-refractivity contribution >= 4 is 11.6 Å². The highest BCUT2D eigenvalue weighted by Gasteiger charge is 2.05. The standard InChI is InChI=1S/C12H11ClN2O/c13-11-5-8(6-14)7-15-12(11)9-1-3-10(16)4-2-9/h1-5,7,16H,6,14H2. The molecule has 1 aromatic heterocycles. The molecule has 0 bridgehead atoms. The van der Waals surface area contributed by atoms with Gasteiger partial charge in [-0.3, -0.25) is 4.98 Å². The number of pyridine rings is 1. The molecule has 3 N–H and O–H groups in total. The lowest BCUT2D eigenvalue weighted by Crippen LogP contribution is -1.97. The Labute approximate surface area is 98.5 Å². The van der Waals surface area contributed by atoms with Gasteiger partial charge in [-0.1, -0.05) is 11.6 Å². The first-order chi connectivity index (χ1) is 7.70. The zero-order chi connectivity index (χ0) is 11.5. The molecule has 0 spiro atoms. The lowest BCUT2D eigenvalue weighted by atomic mass is 10.1. The molecule has 82 valence electrons. The fourth-order valence-electron chi connectivity index (χ4n) is 1.42. The smallest absolute Gasteiger partial charge is 0.115 e. The molecule has 0 aliphatic carbocycles. The molecule has 2 aromatic rings. The summed E-state index contributed by atoms with van der Waals surface area (Å²) in [7, 11) is 0.